The van der Waals surface area contributed by atoms with Crippen LogP contribution in [-0.4, -0.2) is 36.7 Å². The fourth-order valence-corrected chi connectivity index (χ4v) is 3.85. The molecule has 3 rings (SSSR count). The summed E-state index contributed by atoms with van der Waals surface area (Å²) in [5, 5.41) is 0. The largest absolute Gasteiger partial charge is 0.488 e. The zero-order valence-corrected chi connectivity index (χ0v) is 16.6. The summed E-state index contributed by atoms with van der Waals surface area (Å²) in [4.78, 5) is 26.8. The van der Waals surface area contributed by atoms with E-state index in [1.54, 1.807) is 23.7 Å². The van der Waals surface area contributed by atoms with Crippen molar-refractivity contribution in [2.75, 3.05) is 19.9 Å². The molecule has 1 amide bonds. The first-order valence-electron chi connectivity index (χ1n) is 8.83. The molecule has 142 valence electrons. The van der Waals surface area contributed by atoms with Crippen molar-refractivity contribution >= 4 is 23.6 Å². The van der Waals surface area contributed by atoms with Crippen molar-refractivity contribution in [3.63, 3.8) is 0 Å². The molecule has 0 N–H and O–H groups in total. The minimum absolute atomic E-state index is 0.132. The Kier molecular flexibility index (Phi) is 6.06. The van der Waals surface area contributed by atoms with Crippen LogP contribution in [0.3, 0.4) is 0 Å². The van der Waals surface area contributed by atoms with Gasteiger partial charge >= 0.3 is 5.97 Å². The van der Waals surface area contributed by atoms with Crippen molar-refractivity contribution < 1.29 is 19.1 Å². The Bertz CT molecular complexity index is 851. The van der Waals surface area contributed by atoms with Crippen LogP contribution in [-0.2, 0) is 23.6 Å². The average molecular weight is 385 g/mol. The second kappa shape index (κ2) is 8.48. The summed E-state index contributed by atoms with van der Waals surface area (Å²) in [7, 11) is 3.09. The summed E-state index contributed by atoms with van der Waals surface area (Å²) >= 11 is 1.71. The number of nitrogens with zero attached hydrogens (tertiary/aromatic N) is 1. The number of esters is 1. The van der Waals surface area contributed by atoms with Crippen LogP contribution in [0.1, 0.15) is 44.3 Å². The third-order valence-corrected chi connectivity index (χ3v) is 5.44. The number of amides is 1. The smallest absolute Gasteiger partial charge is 0.338 e. The van der Waals surface area contributed by atoms with E-state index in [9.17, 15) is 9.59 Å². The molecule has 1 heterocycles. The van der Waals surface area contributed by atoms with Crippen LogP contribution in [0.2, 0.25) is 0 Å². The van der Waals surface area contributed by atoms with Gasteiger partial charge in [0.05, 0.1) is 18.2 Å². The molecule has 0 saturated heterocycles. The number of benzene rings is 2. The van der Waals surface area contributed by atoms with Crippen LogP contribution in [0.4, 0.5) is 0 Å². The number of rotatable bonds is 7. The van der Waals surface area contributed by atoms with Crippen LogP contribution in [0.15, 0.2) is 36.4 Å². The molecular weight excluding hydrogens is 362 g/mol. The highest BCUT2D eigenvalue weighted by Gasteiger charge is 2.34. The van der Waals surface area contributed by atoms with Gasteiger partial charge in [0.2, 0.25) is 0 Å². The van der Waals surface area contributed by atoms with Crippen LogP contribution >= 0.6 is 11.8 Å². The molecule has 0 bridgehead atoms. The van der Waals surface area contributed by atoms with Crippen molar-refractivity contribution in [3.05, 3.63) is 64.2 Å². The van der Waals surface area contributed by atoms with Crippen LogP contribution in [0.25, 0.3) is 0 Å². The number of carbonyl (C=O) groups is 2. The van der Waals surface area contributed by atoms with E-state index < -0.39 is 5.97 Å². The van der Waals surface area contributed by atoms with Crippen LogP contribution < -0.4 is 4.74 Å². The lowest BCUT2D eigenvalue weighted by atomic mass is 9.97. The molecule has 6 heteroatoms. The molecule has 0 spiro atoms. The normalized spacial score (nSPS) is 12.9. The van der Waals surface area contributed by atoms with Gasteiger partial charge in [-0.15, -0.1) is 0 Å². The van der Waals surface area contributed by atoms with Crippen molar-refractivity contribution in [1.82, 2.24) is 4.90 Å². The molecule has 0 aliphatic carbocycles. The fraction of sp³-hybridized carbons (Fsp3) is 0.333. The Balaban J connectivity index is 2.05. The Morgan fingerprint density at radius 2 is 2.00 bits per heavy atom. The monoisotopic (exact) mass is 385 g/mol. The summed E-state index contributed by atoms with van der Waals surface area (Å²) in [6.07, 6.45) is 0. The molecule has 0 fully saturated rings. The van der Waals surface area contributed by atoms with Gasteiger partial charge in [0, 0.05) is 24.9 Å². The second-order valence-electron chi connectivity index (χ2n) is 6.33. The first-order valence-corrected chi connectivity index (χ1v) is 9.99. The maximum absolute atomic E-state index is 12.7. The quantitative estimate of drug-likeness (QED) is 0.677. The number of thioether (sulfide) groups is 1. The number of fused-ring (bicyclic) bond motifs is 1. The predicted octanol–water partition coefficient (Wildman–Crippen LogP) is 3.89. The third-order valence-electron chi connectivity index (χ3n) is 4.52. The van der Waals surface area contributed by atoms with Gasteiger partial charge < -0.3 is 14.4 Å². The molecular formula is C21H23NO4S. The maximum Gasteiger partial charge on any atom is 0.338 e. The van der Waals surface area contributed by atoms with Gasteiger partial charge in [0.1, 0.15) is 12.4 Å². The third kappa shape index (κ3) is 3.95. The van der Waals surface area contributed by atoms with Gasteiger partial charge in [-0.2, -0.15) is 11.8 Å². The minimum Gasteiger partial charge on any atom is -0.488 e. The van der Waals surface area contributed by atoms with Crippen molar-refractivity contribution in [2.24, 2.45) is 0 Å². The first kappa shape index (κ1) is 19.3. The van der Waals surface area contributed by atoms with Gasteiger partial charge in [0.15, 0.2) is 0 Å². The zero-order valence-electron chi connectivity index (χ0n) is 15.8. The lowest BCUT2D eigenvalue weighted by Crippen LogP contribution is -2.18. The topological polar surface area (TPSA) is 55.8 Å². The first-order chi connectivity index (χ1) is 13.1. The van der Waals surface area contributed by atoms with Crippen LogP contribution in [0, 0.1) is 0 Å². The number of ether oxygens (including phenoxy) is 2. The molecule has 1 aliphatic heterocycles. The molecule has 0 saturated carbocycles. The van der Waals surface area contributed by atoms with Gasteiger partial charge in [-0.25, -0.2) is 4.79 Å². The average Bonchev–Trinajstić information content (AvgIpc) is 2.99. The molecule has 2 aromatic rings. The Labute approximate surface area is 163 Å². The number of hydrogen-bond donors (Lipinski definition) is 0. The molecule has 1 aliphatic rings. The van der Waals surface area contributed by atoms with Gasteiger partial charge in [0.25, 0.3) is 5.91 Å². The zero-order chi connectivity index (χ0) is 19.4. The highest BCUT2D eigenvalue weighted by Crippen LogP contribution is 2.37. The van der Waals surface area contributed by atoms with E-state index in [0.717, 1.165) is 16.9 Å². The molecule has 0 radical (unpaired) electrons. The Morgan fingerprint density at radius 3 is 2.67 bits per heavy atom. The number of carbonyl (C=O) groups excluding carboxylic acids is 2. The van der Waals surface area contributed by atoms with Gasteiger partial charge in [-0.1, -0.05) is 37.3 Å². The summed E-state index contributed by atoms with van der Waals surface area (Å²) < 4.78 is 11.0. The SMILES string of the molecule is CCSCc1cc(OCc2ccccc2)c2c(c1C(=O)OC)CN(C)C2=O. The molecule has 0 unspecified atom stereocenters. The lowest BCUT2D eigenvalue weighted by Gasteiger charge is -2.16. The summed E-state index contributed by atoms with van der Waals surface area (Å²) in [6, 6.07) is 11.6. The van der Waals surface area contributed by atoms with Gasteiger partial charge in [-0.05, 0) is 22.9 Å². The van der Waals surface area contributed by atoms with E-state index in [4.69, 9.17) is 9.47 Å². The van der Waals surface area contributed by atoms with E-state index in [-0.39, 0.29) is 5.91 Å². The number of methoxy groups -OCH3 is 1. The maximum atomic E-state index is 12.7. The van der Waals surface area contributed by atoms with Crippen molar-refractivity contribution in [1.29, 1.82) is 0 Å². The minimum atomic E-state index is -0.407. The molecule has 0 aromatic heterocycles. The standard InChI is InChI=1S/C21H23NO4S/c1-4-27-13-15-10-17(26-12-14-8-6-5-7-9-14)19-16(11-22(2)20(19)23)18(15)21(24)25-3/h5-10H,4,11-13H2,1-3H3. The molecule has 0 atom stereocenters. The highest BCUT2D eigenvalue weighted by atomic mass is 32.2. The second-order valence-corrected chi connectivity index (χ2v) is 7.60. The van der Waals surface area contributed by atoms with E-state index >= 15 is 0 Å². The molecule has 2 aromatic carbocycles. The van der Waals surface area contributed by atoms with Crippen molar-refractivity contribution in [2.45, 2.75) is 25.8 Å². The Morgan fingerprint density at radius 1 is 1.26 bits per heavy atom. The van der Waals surface area contributed by atoms with E-state index in [2.05, 4.69) is 6.92 Å². The van der Waals surface area contributed by atoms with Crippen LogP contribution in [0.5, 0.6) is 5.75 Å². The van der Waals surface area contributed by atoms with E-state index in [1.165, 1.54) is 7.11 Å². The lowest BCUT2D eigenvalue weighted by molar-refractivity contribution is 0.0597. The fourth-order valence-electron chi connectivity index (χ4n) is 3.19. The summed E-state index contributed by atoms with van der Waals surface area (Å²) in [6.45, 7) is 2.81. The van der Waals surface area contributed by atoms with Crippen molar-refractivity contribution in [3.8, 4) is 5.75 Å². The molecule has 27 heavy (non-hydrogen) atoms. The molecule has 5 nitrogen and oxygen atoms in total. The van der Waals surface area contributed by atoms with E-state index in [1.807, 2.05) is 36.4 Å². The predicted molar refractivity (Wildman–Crippen MR) is 106 cm³/mol. The number of hydrogen-bond acceptors (Lipinski definition) is 5. The van der Waals surface area contributed by atoms with E-state index in [0.29, 0.717) is 41.3 Å². The highest BCUT2D eigenvalue weighted by molar-refractivity contribution is 7.98. The summed E-state index contributed by atoms with van der Waals surface area (Å²) in [5.74, 6) is 1.58. The Hall–Kier alpha value is -2.47. The summed E-state index contributed by atoms with van der Waals surface area (Å²) in [5.41, 5.74) is 3.54. The van der Waals surface area contributed by atoms with Gasteiger partial charge in [-0.3, -0.25) is 4.79 Å².